The first-order chi connectivity index (χ1) is 4.50. The maximum atomic E-state index is 3.29. The normalized spacial score (nSPS) is 20.6. The van der Waals surface area contributed by atoms with Crippen LogP contribution in [0, 0.1) is 5.41 Å². The van der Waals surface area contributed by atoms with Crippen molar-refractivity contribution in [3.63, 3.8) is 0 Å². The van der Waals surface area contributed by atoms with Crippen LogP contribution in [0.1, 0.15) is 20.8 Å². The van der Waals surface area contributed by atoms with E-state index in [1.54, 1.807) is 0 Å². The number of hydrogen-bond acceptors (Lipinski definition) is 2. The van der Waals surface area contributed by atoms with Crippen LogP contribution in [0.15, 0.2) is 11.8 Å². The molecule has 0 unspecified atom stereocenters. The lowest BCUT2D eigenvalue weighted by molar-refractivity contribution is 0.291. The van der Waals surface area contributed by atoms with Gasteiger partial charge >= 0.3 is 0 Å². The van der Waals surface area contributed by atoms with Crippen molar-refractivity contribution in [1.29, 1.82) is 0 Å². The predicted molar refractivity (Wildman–Crippen MR) is 43.3 cm³/mol. The maximum absolute atomic E-state index is 3.29. The summed E-state index contributed by atoms with van der Waals surface area (Å²) in [7, 11) is 2.05. The van der Waals surface area contributed by atoms with Gasteiger partial charge in [-0.1, -0.05) is 20.8 Å². The summed E-state index contributed by atoms with van der Waals surface area (Å²) in [6.45, 7) is 7.66. The van der Waals surface area contributed by atoms with E-state index in [1.807, 2.05) is 0 Å². The van der Waals surface area contributed by atoms with Gasteiger partial charge in [-0.15, -0.1) is 0 Å². The molecule has 0 saturated carbocycles. The summed E-state index contributed by atoms with van der Waals surface area (Å²) in [4.78, 5) is 0. The molecule has 0 saturated heterocycles. The average Bonchev–Trinajstić information content (AvgIpc) is 2.11. The zero-order valence-electron chi connectivity index (χ0n) is 7.23. The molecule has 0 aromatic rings. The number of hydrazine groups is 1. The highest BCUT2D eigenvalue weighted by atomic mass is 15.5. The molecule has 0 fully saturated rings. The Labute approximate surface area is 62.9 Å². The minimum Gasteiger partial charge on any atom is -0.323 e. The fraction of sp³-hybridized carbons (Fsp3) is 0.750. The van der Waals surface area contributed by atoms with Crippen molar-refractivity contribution in [1.82, 2.24) is 10.4 Å². The smallest absolute Gasteiger partial charge is 0.0376 e. The van der Waals surface area contributed by atoms with Crippen LogP contribution in [0.3, 0.4) is 0 Å². The Morgan fingerprint density at radius 3 is 2.30 bits per heavy atom. The summed E-state index contributed by atoms with van der Waals surface area (Å²) in [5.41, 5.74) is 4.89. The first-order valence-corrected chi connectivity index (χ1v) is 3.68. The summed E-state index contributed by atoms with van der Waals surface area (Å²) in [5, 5.41) is 2.08. The highest BCUT2D eigenvalue weighted by Gasteiger charge is 2.21. The van der Waals surface area contributed by atoms with Crippen LogP contribution in [0.2, 0.25) is 0 Å². The van der Waals surface area contributed by atoms with Crippen LogP contribution in [-0.4, -0.2) is 18.6 Å². The number of nitrogens with one attached hydrogen (secondary N) is 1. The van der Waals surface area contributed by atoms with Crippen molar-refractivity contribution in [3.8, 4) is 0 Å². The lowest BCUT2D eigenvalue weighted by Gasteiger charge is -2.22. The minimum atomic E-state index is 0.269. The van der Waals surface area contributed by atoms with Gasteiger partial charge in [0.1, 0.15) is 0 Å². The van der Waals surface area contributed by atoms with E-state index in [0.29, 0.717) is 0 Å². The molecule has 0 amide bonds. The lowest BCUT2D eigenvalue weighted by atomic mass is 9.92. The third-order valence-corrected chi connectivity index (χ3v) is 1.69. The number of nitrogens with zero attached hydrogens (tertiary/aromatic N) is 1. The van der Waals surface area contributed by atoms with Crippen LogP contribution in [0.25, 0.3) is 0 Å². The quantitative estimate of drug-likeness (QED) is 0.546. The maximum Gasteiger partial charge on any atom is 0.0376 e. The monoisotopic (exact) mass is 140 g/mol. The molecule has 0 radical (unpaired) electrons. The van der Waals surface area contributed by atoms with E-state index in [2.05, 4.69) is 44.3 Å². The molecule has 1 heterocycles. The Balaban J connectivity index is 2.60. The molecule has 0 bridgehead atoms. The highest BCUT2D eigenvalue weighted by Crippen LogP contribution is 2.24. The van der Waals surface area contributed by atoms with Crippen LogP contribution in [-0.2, 0) is 0 Å². The molecule has 1 N–H and O–H groups in total. The summed E-state index contributed by atoms with van der Waals surface area (Å²) in [5.74, 6) is 0. The van der Waals surface area contributed by atoms with Gasteiger partial charge in [0.05, 0.1) is 0 Å². The Bertz CT molecular complexity index is 153. The second kappa shape index (κ2) is 2.27. The Morgan fingerprint density at radius 2 is 2.10 bits per heavy atom. The van der Waals surface area contributed by atoms with Crippen LogP contribution in [0.5, 0.6) is 0 Å². The van der Waals surface area contributed by atoms with Crippen molar-refractivity contribution in [2.75, 3.05) is 13.6 Å². The van der Waals surface area contributed by atoms with Gasteiger partial charge in [-0.25, -0.2) is 5.01 Å². The molecule has 0 atom stereocenters. The molecule has 58 valence electrons. The largest absolute Gasteiger partial charge is 0.323 e. The van der Waals surface area contributed by atoms with Gasteiger partial charge in [-0.05, 0) is 6.08 Å². The van der Waals surface area contributed by atoms with Crippen molar-refractivity contribution in [3.05, 3.63) is 11.8 Å². The molecule has 2 nitrogen and oxygen atoms in total. The van der Waals surface area contributed by atoms with E-state index in [-0.39, 0.29) is 5.41 Å². The fourth-order valence-electron chi connectivity index (χ4n) is 0.999. The molecular weight excluding hydrogens is 124 g/mol. The van der Waals surface area contributed by atoms with E-state index >= 15 is 0 Å². The van der Waals surface area contributed by atoms with Gasteiger partial charge in [-0.3, -0.25) is 0 Å². The number of rotatable bonds is 0. The van der Waals surface area contributed by atoms with Crippen LogP contribution in [0.4, 0.5) is 0 Å². The molecule has 0 spiro atoms. The predicted octanol–water partition coefficient (Wildman–Crippen LogP) is 1.37. The fourth-order valence-corrected chi connectivity index (χ4v) is 0.999. The van der Waals surface area contributed by atoms with Crippen LogP contribution >= 0.6 is 0 Å². The zero-order chi connectivity index (χ0) is 7.78. The van der Waals surface area contributed by atoms with Crippen molar-refractivity contribution in [2.24, 2.45) is 5.41 Å². The third kappa shape index (κ3) is 1.51. The summed E-state index contributed by atoms with van der Waals surface area (Å²) >= 11 is 0. The SMILES string of the molecule is CN1CC=C(C(C)(C)C)N1. The lowest BCUT2D eigenvalue weighted by Crippen LogP contribution is -2.31. The minimum absolute atomic E-state index is 0.269. The van der Waals surface area contributed by atoms with Gasteiger partial charge in [0.25, 0.3) is 0 Å². The average molecular weight is 140 g/mol. The van der Waals surface area contributed by atoms with E-state index in [1.165, 1.54) is 5.70 Å². The van der Waals surface area contributed by atoms with Crippen molar-refractivity contribution < 1.29 is 0 Å². The number of hydrogen-bond donors (Lipinski definition) is 1. The van der Waals surface area contributed by atoms with E-state index in [9.17, 15) is 0 Å². The molecular formula is C8H16N2. The van der Waals surface area contributed by atoms with Gasteiger partial charge in [0.15, 0.2) is 0 Å². The second-order valence-corrected chi connectivity index (χ2v) is 3.86. The van der Waals surface area contributed by atoms with Crippen molar-refractivity contribution in [2.45, 2.75) is 20.8 Å². The van der Waals surface area contributed by atoms with Gasteiger partial charge in [0.2, 0.25) is 0 Å². The third-order valence-electron chi connectivity index (χ3n) is 1.69. The van der Waals surface area contributed by atoms with Crippen molar-refractivity contribution >= 4 is 0 Å². The van der Waals surface area contributed by atoms with Gasteiger partial charge < -0.3 is 5.43 Å². The molecule has 10 heavy (non-hydrogen) atoms. The second-order valence-electron chi connectivity index (χ2n) is 3.86. The van der Waals surface area contributed by atoms with Gasteiger partial charge in [-0.2, -0.15) is 0 Å². The Hall–Kier alpha value is -0.500. The standard InChI is InChI=1S/C8H16N2/c1-8(2,3)7-5-6-10(4)9-7/h5,9H,6H2,1-4H3. The first-order valence-electron chi connectivity index (χ1n) is 3.68. The number of allylic oxidation sites excluding steroid dienone is 1. The molecule has 1 aliphatic rings. The van der Waals surface area contributed by atoms with E-state index < -0.39 is 0 Å². The van der Waals surface area contributed by atoms with Crippen LogP contribution < -0.4 is 5.43 Å². The Kier molecular flexibility index (Phi) is 1.73. The highest BCUT2D eigenvalue weighted by molar-refractivity contribution is 5.12. The van der Waals surface area contributed by atoms with E-state index in [4.69, 9.17) is 0 Å². The zero-order valence-corrected chi connectivity index (χ0v) is 7.23. The molecule has 2 heteroatoms. The molecule has 0 aromatic heterocycles. The van der Waals surface area contributed by atoms with Gasteiger partial charge in [0, 0.05) is 24.7 Å². The molecule has 0 aromatic carbocycles. The summed E-state index contributed by atoms with van der Waals surface area (Å²) in [6.07, 6.45) is 2.24. The topological polar surface area (TPSA) is 15.3 Å². The first kappa shape index (κ1) is 7.61. The van der Waals surface area contributed by atoms with E-state index in [0.717, 1.165) is 6.54 Å². The summed E-state index contributed by atoms with van der Waals surface area (Å²) in [6, 6.07) is 0. The molecule has 1 aliphatic heterocycles. The summed E-state index contributed by atoms with van der Waals surface area (Å²) < 4.78 is 0. The molecule has 1 rings (SSSR count). The Morgan fingerprint density at radius 1 is 1.50 bits per heavy atom. The number of likely N-dealkylation sites (N-methyl/N-ethyl adjacent to an activating group) is 1. The molecule has 0 aliphatic carbocycles.